The van der Waals surface area contributed by atoms with E-state index in [1.54, 1.807) is 30.3 Å². The molecule has 3 rings (SSSR count). The van der Waals surface area contributed by atoms with Crippen molar-refractivity contribution >= 4 is 68.9 Å². The van der Waals surface area contributed by atoms with Crippen LogP contribution in [0.1, 0.15) is 0 Å². The van der Waals surface area contributed by atoms with Crippen LogP contribution in [0, 0.1) is 0 Å². The highest BCUT2D eigenvalue weighted by atomic mass is 35.5. The Morgan fingerprint density at radius 2 is 1.54 bits per heavy atom. The highest BCUT2D eigenvalue weighted by molar-refractivity contribution is 7.86. The minimum atomic E-state index is -1.63. The average molecular weight is 438 g/mol. The highest BCUT2D eigenvalue weighted by Gasteiger charge is 2.13. The second-order valence-corrected chi connectivity index (χ2v) is 7.64. The van der Waals surface area contributed by atoms with Crippen molar-refractivity contribution in [2.75, 3.05) is 22.1 Å². The number of hydrogen-bond donors (Lipinski definition) is 2. The Bertz CT molecular complexity index is 1010. The Labute approximate surface area is 175 Å². The molecule has 146 valence electrons. The minimum absolute atomic E-state index is 0. The van der Waals surface area contributed by atoms with E-state index < -0.39 is 22.6 Å². The summed E-state index contributed by atoms with van der Waals surface area (Å²) in [7, 11) is -1.63. The number of hydrogen-bond acceptors (Lipinski definition) is 4. The third-order valence-electron chi connectivity index (χ3n) is 3.59. The molecule has 0 saturated carbocycles. The summed E-state index contributed by atoms with van der Waals surface area (Å²) in [5.41, 5.74) is 1.88. The standard InChI is InChI=1S/C19H16ClN3O3S.ClH/c20-14-5-7-15(8-6-14)22-18(24)11-27(26)12-19(25)23-16-9-13-3-1-2-4-17(13)21-10-16;/h1-10H,11-12H2,(H,22,24)(H,23,25);1H. The Balaban J connectivity index is 0.00000280. The summed E-state index contributed by atoms with van der Waals surface area (Å²) in [6.45, 7) is 0. The normalized spacial score (nSPS) is 11.3. The Morgan fingerprint density at radius 1 is 0.929 bits per heavy atom. The summed E-state index contributed by atoms with van der Waals surface area (Å²) in [6, 6.07) is 15.9. The molecule has 0 radical (unpaired) electrons. The minimum Gasteiger partial charge on any atom is -0.325 e. The first kappa shape index (κ1) is 21.8. The van der Waals surface area contributed by atoms with Gasteiger partial charge in [0.15, 0.2) is 0 Å². The topological polar surface area (TPSA) is 88.2 Å². The Hall–Kier alpha value is -2.48. The number of nitrogens with one attached hydrogen (secondary N) is 2. The number of nitrogens with zero attached hydrogens (tertiary/aromatic N) is 1. The van der Waals surface area contributed by atoms with E-state index in [0.717, 1.165) is 10.9 Å². The summed E-state index contributed by atoms with van der Waals surface area (Å²) in [5, 5.41) is 6.70. The number of carbonyl (C=O) groups is 2. The van der Waals surface area contributed by atoms with Gasteiger partial charge in [-0.1, -0.05) is 29.8 Å². The smallest absolute Gasteiger partial charge is 0.237 e. The third-order valence-corrected chi connectivity index (χ3v) is 5.01. The van der Waals surface area contributed by atoms with Gasteiger partial charge in [-0.3, -0.25) is 18.8 Å². The lowest BCUT2D eigenvalue weighted by Gasteiger charge is -2.07. The van der Waals surface area contributed by atoms with Crippen LogP contribution in [0.3, 0.4) is 0 Å². The molecular formula is C19H17Cl2N3O3S. The molecule has 0 aliphatic rings. The lowest BCUT2D eigenvalue weighted by molar-refractivity contribution is -0.114. The molecule has 0 spiro atoms. The molecule has 1 aromatic heterocycles. The largest absolute Gasteiger partial charge is 0.325 e. The van der Waals surface area contributed by atoms with Crippen LogP contribution in [0.2, 0.25) is 5.02 Å². The number of halogens is 2. The molecule has 2 N–H and O–H groups in total. The molecule has 2 aromatic carbocycles. The van der Waals surface area contributed by atoms with Crippen LogP contribution in [0.25, 0.3) is 10.9 Å². The predicted molar refractivity (Wildman–Crippen MR) is 116 cm³/mol. The van der Waals surface area contributed by atoms with Crippen molar-refractivity contribution in [1.82, 2.24) is 4.98 Å². The summed E-state index contributed by atoms with van der Waals surface area (Å²) in [6.07, 6.45) is 1.54. The fourth-order valence-corrected chi connectivity index (χ4v) is 3.37. The van der Waals surface area contributed by atoms with Crippen LogP contribution in [0.5, 0.6) is 0 Å². The van der Waals surface area contributed by atoms with Gasteiger partial charge in [0.1, 0.15) is 11.5 Å². The molecule has 3 aromatic rings. The van der Waals surface area contributed by atoms with Crippen molar-refractivity contribution in [2.45, 2.75) is 0 Å². The second kappa shape index (κ2) is 10.2. The summed E-state index contributed by atoms with van der Waals surface area (Å²) < 4.78 is 12.1. The van der Waals surface area contributed by atoms with Gasteiger partial charge in [-0.25, -0.2) is 0 Å². The van der Waals surface area contributed by atoms with E-state index in [9.17, 15) is 13.8 Å². The predicted octanol–water partition coefficient (Wildman–Crippen LogP) is 3.64. The van der Waals surface area contributed by atoms with Gasteiger partial charge in [-0.15, -0.1) is 12.4 Å². The first-order chi connectivity index (χ1) is 13.0. The van der Waals surface area contributed by atoms with Crippen LogP contribution in [-0.4, -0.2) is 32.5 Å². The van der Waals surface area contributed by atoms with Gasteiger partial charge in [-0.2, -0.15) is 0 Å². The maximum absolute atomic E-state index is 12.1. The molecule has 0 bridgehead atoms. The summed E-state index contributed by atoms with van der Waals surface area (Å²) in [4.78, 5) is 28.2. The molecule has 9 heteroatoms. The average Bonchev–Trinajstić information content (AvgIpc) is 2.63. The summed E-state index contributed by atoms with van der Waals surface area (Å²) >= 11 is 5.78. The highest BCUT2D eigenvalue weighted by Crippen LogP contribution is 2.16. The maximum atomic E-state index is 12.1. The molecule has 0 saturated heterocycles. The van der Waals surface area contributed by atoms with Crippen LogP contribution >= 0.6 is 24.0 Å². The van der Waals surface area contributed by atoms with Gasteiger partial charge >= 0.3 is 0 Å². The van der Waals surface area contributed by atoms with E-state index in [1.165, 1.54) is 6.20 Å². The fraction of sp³-hybridized carbons (Fsp3) is 0.105. The molecule has 2 amide bonds. The molecule has 0 aliphatic heterocycles. The first-order valence-electron chi connectivity index (χ1n) is 8.04. The van der Waals surface area contributed by atoms with Gasteiger partial charge < -0.3 is 10.6 Å². The van der Waals surface area contributed by atoms with Crippen LogP contribution in [-0.2, 0) is 20.4 Å². The van der Waals surface area contributed by atoms with Crippen molar-refractivity contribution < 1.29 is 13.8 Å². The zero-order chi connectivity index (χ0) is 19.2. The van der Waals surface area contributed by atoms with E-state index in [0.29, 0.717) is 16.4 Å². The molecule has 1 heterocycles. The SMILES string of the molecule is Cl.O=C(CS(=O)CC(=O)Nc1cnc2ccccc2c1)Nc1ccc(Cl)cc1. The Kier molecular flexibility index (Phi) is 7.92. The maximum Gasteiger partial charge on any atom is 0.237 e. The van der Waals surface area contributed by atoms with Crippen LogP contribution in [0.15, 0.2) is 60.8 Å². The molecule has 1 atom stereocenters. The number of rotatable bonds is 6. The van der Waals surface area contributed by atoms with E-state index in [2.05, 4.69) is 15.6 Å². The third kappa shape index (κ3) is 6.30. The number of amides is 2. The monoisotopic (exact) mass is 437 g/mol. The number of aromatic nitrogens is 1. The number of carbonyl (C=O) groups excluding carboxylic acids is 2. The zero-order valence-electron chi connectivity index (χ0n) is 14.6. The molecule has 0 aliphatic carbocycles. The zero-order valence-corrected chi connectivity index (χ0v) is 16.9. The van der Waals surface area contributed by atoms with Gasteiger partial charge in [0.25, 0.3) is 0 Å². The molecule has 6 nitrogen and oxygen atoms in total. The number of pyridine rings is 1. The van der Waals surface area contributed by atoms with Gasteiger partial charge in [0.2, 0.25) is 11.8 Å². The Morgan fingerprint density at radius 3 is 2.21 bits per heavy atom. The van der Waals surface area contributed by atoms with E-state index in [4.69, 9.17) is 11.6 Å². The van der Waals surface area contributed by atoms with Crippen molar-refractivity contribution in [1.29, 1.82) is 0 Å². The van der Waals surface area contributed by atoms with Crippen LogP contribution < -0.4 is 10.6 Å². The number of anilines is 2. The first-order valence-corrected chi connectivity index (χ1v) is 9.91. The molecule has 28 heavy (non-hydrogen) atoms. The number of para-hydroxylation sites is 1. The summed E-state index contributed by atoms with van der Waals surface area (Å²) in [5.74, 6) is -1.42. The van der Waals surface area contributed by atoms with Crippen molar-refractivity contribution in [3.63, 3.8) is 0 Å². The van der Waals surface area contributed by atoms with E-state index in [-0.39, 0.29) is 23.9 Å². The number of benzene rings is 2. The van der Waals surface area contributed by atoms with Gasteiger partial charge in [-0.05, 0) is 36.4 Å². The van der Waals surface area contributed by atoms with E-state index in [1.807, 2.05) is 24.3 Å². The molecule has 1 unspecified atom stereocenters. The van der Waals surface area contributed by atoms with Crippen molar-refractivity contribution in [3.05, 3.63) is 65.8 Å². The lowest BCUT2D eigenvalue weighted by Crippen LogP contribution is -2.26. The lowest BCUT2D eigenvalue weighted by atomic mass is 10.2. The van der Waals surface area contributed by atoms with Gasteiger partial charge in [0.05, 0.1) is 17.4 Å². The quantitative estimate of drug-likeness (QED) is 0.615. The van der Waals surface area contributed by atoms with Crippen molar-refractivity contribution in [2.24, 2.45) is 0 Å². The molecule has 0 fully saturated rings. The van der Waals surface area contributed by atoms with Crippen molar-refractivity contribution in [3.8, 4) is 0 Å². The second-order valence-electron chi connectivity index (χ2n) is 5.75. The molecular weight excluding hydrogens is 421 g/mol. The number of fused-ring (bicyclic) bond motifs is 1. The van der Waals surface area contributed by atoms with Crippen LogP contribution in [0.4, 0.5) is 11.4 Å². The fourth-order valence-electron chi connectivity index (χ4n) is 2.41. The van der Waals surface area contributed by atoms with E-state index >= 15 is 0 Å². The van der Waals surface area contributed by atoms with Gasteiger partial charge in [0, 0.05) is 26.9 Å².